The highest BCUT2D eigenvalue weighted by Crippen LogP contribution is 2.34. The molecule has 0 unspecified atom stereocenters. The van der Waals surface area contributed by atoms with Crippen LogP contribution in [0, 0.1) is 6.92 Å². The molecule has 94 valence electrons. The molecule has 0 saturated heterocycles. The van der Waals surface area contributed by atoms with Gasteiger partial charge in [-0.2, -0.15) is 0 Å². The van der Waals surface area contributed by atoms with Crippen LogP contribution in [-0.4, -0.2) is 5.91 Å². The first kappa shape index (κ1) is 12.0. The van der Waals surface area contributed by atoms with Gasteiger partial charge in [0, 0.05) is 21.8 Å². The van der Waals surface area contributed by atoms with E-state index in [9.17, 15) is 4.79 Å². The normalized spacial score (nSPS) is 15.5. The Hall–Kier alpha value is -2.06. The van der Waals surface area contributed by atoms with Crippen molar-refractivity contribution >= 4 is 34.8 Å². The van der Waals surface area contributed by atoms with Crippen LogP contribution in [0.5, 0.6) is 0 Å². The number of nitrogens with one attached hydrogen (secondary N) is 1. The molecule has 2 aromatic carbocycles. The smallest absolute Gasteiger partial charge is 0.256 e. The zero-order valence-electron chi connectivity index (χ0n) is 10.4. The van der Waals surface area contributed by atoms with Crippen LogP contribution in [0.4, 0.5) is 5.69 Å². The lowest BCUT2D eigenvalue weighted by Gasteiger charge is -2.00. The van der Waals surface area contributed by atoms with E-state index in [1.807, 2.05) is 49.4 Å². The predicted octanol–water partition coefficient (Wildman–Crippen LogP) is 4.14. The summed E-state index contributed by atoms with van der Waals surface area (Å²) in [5, 5.41) is 3.47. The molecule has 1 amide bonds. The molecule has 0 radical (unpaired) electrons. The molecular weight excluding hydrogens is 258 g/mol. The highest BCUT2D eigenvalue weighted by atomic mass is 35.5. The van der Waals surface area contributed by atoms with Gasteiger partial charge in [-0.3, -0.25) is 4.79 Å². The molecular formula is C16H12ClNO. The van der Waals surface area contributed by atoms with E-state index in [1.165, 1.54) is 5.56 Å². The van der Waals surface area contributed by atoms with E-state index >= 15 is 0 Å². The van der Waals surface area contributed by atoms with Crippen LogP contribution in [0.2, 0.25) is 5.02 Å². The number of halogens is 1. The summed E-state index contributed by atoms with van der Waals surface area (Å²) in [4.78, 5) is 12.0. The van der Waals surface area contributed by atoms with Gasteiger partial charge in [-0.1, -0.05) is 41.4 Å². The number of carbonyl (C=O) groups excluding carboxylic acids is 1. The number of aryl methyl sites for hydroxylation is 1. The van der Waals surface area contributed by atoms with Crippen molar-refractivity contribution in [2.45, 2.75) is 6.92 Å². The van der Waals surface area contributed by atoms with Crippen LogP contribution < -0.4 is 5.32 Å². The minimum Gasteiger partial charge on any atom is -0.321 e. The Morgan fingerprint density at radius 2 is 1.84 bits per heavy atom. The third-order valence-corrected chi connectivity index (χ3v) is 3.39. The minimum atomic E-state index is -0.0853. The molecule has 0 fully saturated rings. The number of carbonyl (C=O) groups is 1. The fourth-order valence-electron chi connectivity index (χ4n) is 2.13. The standard InChI is InChI=1S/C16H12ClNO/c1-10-2-4-11(5-3-10)8-14-13-9-12(17)6-7-15(13)18-16(14)19/h2-9H,1H3,(H,18,19)/b14-8-. The zero-order valence-corrected chi connectivity index (χ0v) is 11.2. The quantitative estimate of drug-likeness (QED) is 0.775. The molecule has 0 aromatic heterocycles. The summed E-state index contributed by atoms with van der Waals surface area (Å²) in [6, 6.07) is 13.5. The van der Waals surface area contributed by atoms with E-state index in [1.54, 1.807) is 6.07 Å². The molecule has 19 heavy (non-hydrogen) atoms. The molecule has 2 nitrogen and oxygen atoms in total. The largest absolute Gasteiger partial charge is 0.321 e. The monoisotopic (exact) mass is 269 g/mol. The summed E-state index contributed by atoms with van der Waals surface area (Å²) in [6.07, 6.45) is 1.89. The summed E-state index contributed by atoms with van der Waals surface area (Å²) in [7, 11) is 0. The van der Waals surface area contributed by atoms with Gasteiger partial charge in [0.2, 0.25) is 0 Å². The minimum absolute atomic E-state index is 0.0853. The average molecular weight is 270 g/mol. The topological polar surface area (TPSA) is 29.1 Å². The maximum Gasteiger partial charge on any atom is 0.256 e. The van der Waals surface area contributed by atoms with Crippen LogP contribution in [0.15, 0.2) is 42.5 Å². The number of rotatable bonds is 1. The van der Waals surface area contributed by atoms with Gasteiger partial charge in [-0.15, -0.1) is 0 Å². The van der Waals surface area contributed by atoms with Gasteiger partial charge in [0.05, 0.1) is 0 Å². The highest BCUT2D eigenvalue weighted by Gasteiger charge is 2.23. The lowest BCUT2D eigenvalue weighted by molar-refractivity contribution is -0.110. The Morgan fingerprint density at radius 3 is 2.58 bits per heavy atom. The van der Waals surface area contributed by atoms with Gasteiger partial charge in [0.25, 0.3) is 5.91 Å². The van der Waals surface area contributed by atoms with E-state index in [2.05, 4.69) is 5.32 Å². The van der Waals surface area contributed by atoms with Crippen molar-refractivity contribution in [2.24, 2.45) is 0 Å². The first-order chi connectivity index (χ1) is 9.13. The molecule has 2 aromatic rings. The average Bonchev–Trinajstić information content (AvgIpc) is 2.69. The van der Waals surface area contributed by atoms with Gasteiger partial charge in [0.1, 0.15) is 0 Å². The maximum absolute atomic E-state index is 12.0. The molecule has 3 heteroatoms. The predicted molar refractivity (Wildman–Crippen MR) is 79.1 cm³/mol. The summed E-state index contributed by atoms with van der Waals surface area (Å²) in [5.74, 6) is -0.0853. The summed E-state index contributed by atoms with van der Waals surface area (Å²) in [5.41, 5.74) is 4.53. The fraction of sp³-hybridized carbons (Fsp3) is 0.0625. The first-order valence-corrected chi connectivity index (χ1v) is 6.41. The molecule has 1 aliphatic heterocycles. The zero-order chi connectivity index (χ0) is 13.4. The van der Waals surface area contributed by atoms with Crippen molar-refractivity contribution in [3.63, 3.8) is 0 Å². The number of amides is 1. The highest BCUT2D eigenvalue weighted by molar-refractivity contribution is 6.36. The van der Waals surface area contributed by atoms with Crippen molar-refractivity contribution in [3.8, 4) is 0 Å². The van der Waals surface area contributed by atoms with Crippen molar-refractivity contribution in [3.05, 3.63) is 64.2 Å². The van der Waals surface area contributed by atoms with Gasteiger partial charge in [-0.25, -0.2) is 0 Å². The second-order valence-corrected chi connectivity index (χ2v) is 5.05. The molecule has 1 aliphatic rings. The Labute approximate surface area is 116 Å². The third kappa shape index (κ3) is 2.27. The van der Waals surface area contributed by atoms with E-state index < -0.39 is 0 Å². The molecule has 0 spiro atoms. The lowest BCUT2D eigenvalue weighted by Crippen LogP contribution is -2.03. The van der Waals surface area contributed by atoms with Crippen molar-refractivity contribution in [1.29, 1.82) is 0 Å². The second-order valence-electron chi connectivity index (χ2n) is 4.61. The molecule has 1 heterocycles. The Morgan fingerprint density at radius 1 is 1.11 bits per heavy atom. The van der Waals surface area contributed by atoms with E-state index in [0.717, 1.165) is 16.8 Å². The van der Waals surface area contributed by atoms with Crippen molar-refractivity contribution < 1.29 is 4.79 Å². The molecule has 1 N–H and O–H groups in total. The van der Waals surface area contributed by atoms with Gasteiger partial charge >= 0.3 is 0 Å². The van der Waals surface area contributed by atoms with Crippen LogP contribution in [-0.2, 0) is 4.79 Å². The number of anilines is 1. The summed E-state index contributed by atoms with van der Waals surface area (Å²) in [6.45, 7) is 2.04. The molecule has 0 bridgehead atoms. The molecule has 0 atom stereocenters. The first-order valence-electron chi connectivity index (χ1n) is 6.03. The lowest BCUT2D eigenvalue weighted by atomic mass is 10.0. The summed E-state index contributed by atoms with van der Waals surface area (Å²) < 4.78 is 0. The second kappa shape index (κ2) is 4.56. The number of fused-ring (bicyclic) bond motifs is 1. The molecule has 3 rings (SSSR count). The number of hydrogen-bond donors (Lipinski definition) is 1. The molecule has 0 aliphatic carbocycles. The van der Waals surface area contributed by atoms with Gasteiger partial charge in [0.15, 0.2) is 0 Å². The van der Waals surface area contributed by atoms with E-state index in [0.29, 0.717) is 10.6 Å². The maximum atomic E-state index is 12.0. The van der Waals surface area contributed by atoms with Crippen molar-refractivity contribution in [1.82, 2.24) is 0 Å². The molecule has 0 saturated carbocycles. The van der Waals surface area contributed by atoms with Crippen LogP contribution >= 0.6 is 11.6 Å². The van der Waals surface area contributed by atoms with Crippen molar-refractivity contribution in [2.75, 3.05) is 5.32 Å². The van der Waals surface area contributed by atoms with Gasteiger partial charge < -0.3 is 5.32 Å². The van der Waals surface area contributed by atoms with Crippen LogP contribution in [0.1, 0.15) is 16.7 Å². The number of benzene rings is 2. The van der Waals surface area contributed by atoms with E-state index in [4.69, 9.17) is 11.6 Å². The Balaban J connectivity index is 2.08. The fourth-order valence-corrected chi connectivity index (χ4v) is 2.31. The van der Waals surface area contributed by atoms with Crippen LogP contribution in [0.25, 0.3) is 11.6 Å². The van der Waals surface area contributed by atoms with Crippen LogP contribution in [0.3, 0.4) is 0 Å². The Kier molecular flexibility index (Phi) is 2.88. The number of hydrogen-bond acceptors (Lipinski definition) is 1. The SMILES string of the molecule is Cc1ccc(/C=C2\C(=O)Nc3ccc(Cl)cc32)cc1. The Bertz CT molecular complexity index is 686. The summed E-state index contributed by atoms with van der Waals surface area (Å²) >= 11 is 5.99. The van der Waals surface area contributed by atoms with Gasteiger partial charge in [-0.05, 0) is 36.8 Å². The van der Waals surface area contributed by atoms with E-state index in [-0.39, 0.29) is 5.91 Å². The third-order valence-electron chi connectivity index (χ3n) is 3.15.